The minimum atomic E-state index is -1.53. The van der Waals surface area contributed by atoms with Crippen molar-refractivity contribution in [3.05, 3.63) is 35.4 Å². The van der Waals surface area contributed by atoms with E-state index in [4.69, 9.17) is 5.11 Å². The molecule has 3 amide bonds. The van der Waals surface area contributed by atoms with Gasteiger partial charge in [0.1, 0.15) is 6.04 Å². The number of carbonyl (C=O) groups is 4. The van der Waals surface area contributed by atoms with Gasteiger partial charge in [-0.25, -0.2) is 4.79 Å². The first-order chi connectivity index (χ1) is 10.8. The number of rotatable bonds is 5. The molecular weight excluding hydrogens is 304 g/mol. The Balaban J connectivity index is 2.20. The average Bonchev–Trinajstić information content (AvgIpc) is 2.75. The van der Waals surface area contributed by atoms with Crippen LogP contribution in [0.3, 0.4) is 0 Å². The third-order valence-corrected chi connectivity index (χ3v) is 3.64. The predicted molar refractivity (Wildman–Crippen MR) is 77.7 cm³/mol. The molecule has 0 saturated carbocycles. The summed E-state index contributed by atoms with van der Waals surface area (Å²) in [6, 6.07) is 3.44. The summed E-state index contributed by atoms with van der Waals surface area (Å²) in [5, 5.41) is 20.5. The van der Waals surface area contributed by atoms with Crippen molar-refractivity contribution < 1.29 is 29.4 Å². The van der Waals surface area contributed by atoms with Gasteiger partial charge in [-0.3, -0.25) is 19.3 Å². The lowest BCUT2D eigenvalue weighted by Crippen LogP contribution is -2.54. The number of carbonyl (C=O) groups excluding carboxylic acids is 3. The second-order valence-electron chi connectivity index (χ2n) is 5.27. The van der Waals surface area contributed by atoms with Gasteiger partial charge in [-0.1, -0.05) is 12.1 Å². The van der Waals surface area contributed by atoms with E-state index in [2.05, 4.69) is 5.32 Å². The fraction of sp³-hybridized carbons (Fsp3) is 0.333. The molecule has 23 heavy (non-hydrogen) atoms. The molecule has 8 nitrogen and oxygen atoms in total. The average molecular weight is 320 g/mol. The number of aliphatic hydroxyl groups is 1. The summed E-state index contributed by atoms with van der Waals surface area (Å²) >= 11 is 0. The number of carboxylic acid groups (broad SMARTS) is 1. The molecule has 1 aliphatic rings. The van der Waals surface area contributed by atoms with Crippen molar-refractivity contribution in [2.45, 2.75) is 32.0 Å². The molecule has 8 heteroatoms. The molecule has 0 bridgehead atoms. The number of fused-ring (bicyclic) bond motifs is 1. The number of hydrogen-bond acceptors (Lipinski definition) is 5. The van der Waals surface area contributed by atoms with Crippen molar-refractivity contribution in [3.63, 3.8) is 0 Å². The van der Waals surface area contributed by atoms with Gasteiger partial charge in [-0.15, -0.1) is 0 Å². The van der Waals surface area contributed by atoms with Gasteiger partial charge in [-0.2, -0.15) is 0 Å². The Bertz CT molecular complexity index is 649. The number of aliphatic carboxylic acids is 1. The highest BCUT2D eigenvalue weighted by Crippen LogP contribution is 2.24. The maximum atomic E-state index is 12.3. The number of hydrogen-bond donors (Lipinski definition) is 3. The van der Waals surface area contributed by atoms with E-state index >= 15 is 0 Å². The van der Waals surface area contributed by atoms with Crippen molar-refractivity contribution in [1.29, 1.82) is 0 Å². The van der Waals surface area contributed by atoms with Crippen molar-refractivity contribution in [2.24, 2.45) is 0 Å². The number of imide groups is 1. The number of amides is 3. The molecule has 3 atom stereocenters. The van der Waals surface area contributed by atoms with E-state index in [9.17, 15) is 24.3 Å². The second kappa shape index (κ2) is 6.17. The Kier molecular flexibility index (Phi) is 4.46. The van der Waals surface area contributed by atoms with Crippen LogP contribution in [0.5, 0.6) is 0 Å². The first-order valence-corrected chi connectivity index (χ1v) is 6.94. The highest BCUT2D eigenvalue weighted by atomic mass is 16.4. The van der Waals surface area contributed by atoms with Crippen LogP contribution in [0.4, 0.5) is 0 Å². The molecule has 1 aromatic carbocycles. The number of nitrogens with one attached hydrogen (secondary N) is 1. The summed E-state index contributed by atoms with van der Waals surface area (Å²) < 4.78 is 0. The van der Waals surface area contributed by atoms with Crippen LogP contribution in [-0.2, 0) is 9.59 Å². The van der Waals surface area contributed by atoms with E-state index in [0.29, 0.717) is 0 Å². The van der Waals surface area contributed by atoms with Gasteiger partial charge in [0, 0.05) is 0 Å². The number of aliphatic hydroxyl groups excluding tert-OH is 1. The molecule has 3 N–H and O–H groups in total. The fourth-order valence-electron chi connectivity index (χ4n) is 2.34. The second-order valence-corrected chi connectivity index (χ2v) is 5.27. The van der Waals surface area contributed by atoms with Crippen molar-refractivity contribution in [2.75, 3.05) is 0 Å². The topological polar surface area (TPSA) is 124 Å². The summed E-state index contributed by atoms with van der Waals surface area (Å²) in [7, 11) is 0. The number of nitrogens with zero attached hydrogens (tertiary/aromatic N) is 1. The van der Waals surface area contributed by atoms with Crippen LogP contribution in [0.15, 0.2) is 24.3 Å². The Hall–Kier alpha value is -2.74. The molecule has 1 heterocycles. The number of benzene rings is 1. The molecular formula is C15H16N2O6. The maximum Gasteiger partial charge on any atom is 0.328 e. The van der Waals surface area contributed by atoms with Crippen LogP contribution in [-0.4, -0.2) is 57.0 Å². The van der Waals surface area contributed by atoms with E-state index in [1.54, 1.807) is 12.1 Å². The minimum Gasteiger partial charge on any atom is -0.480 e. The largest absolute Gasteiger partial charge is 0.480 e. The zero-order valence-corrected chi connectivity index (χ0v) is 12.5. The van der Waals surface area contributed by atoms with E-state index in [1.807, 2.05) is 0 Å². The van der Waals surface area contributed by atoms with Gasteiger partial charge in [-0.05, 0) is 26.0 Å². The van der Waals surface area contributed by atoms with Crippen molar-refractivity contribution >= 4 is 23.7 Å². The molecule has 0 radical (unpaired) electrons. The SMILES string of the molecule is CC(O)C(NC(=O)C(C)N1C(=O)c2ccccc2C1=O)C(=O)O. The smallest absolute Gasteiger partial charge is 0.328 e. The molecule has 0 aliphatic carbocycles. The standard InChI is InChI=1S/C15H16N2O6/c1-7(12(19)16-11(8(2)18)15(22)23)17-13(20)9-5-3-4-6-10(9)14(17)21/h3-8,11,18H,1-2H3,(H,16,19)(H,22,23). The normalized spacial score (nSPS) is 17.4. The van der Waals surface area contributed by atoms with Crippen LogP contribution in [0.25, 0.3) is 0 Å². The fourth-order valence-corrected chi connectivity index (χ4v) is 2.34. The summed E-state index contributed by atoms with van der Waals surface area (Å²) in [5.41, 5.74) is 0.393. The molecule has 0 fully saturated rings. The molecule has 3 unspecified atom stereocenters. The molecule has 122 valence electrons. The Morgan fingerprint density at radius 3 is 1.96 bits per heavy atom. The van der Waals surface area contributed by atoms with Crippen LogP contribution in [0.2, 0.25) is 0 Å². The van der Waals surface area contributed by atoms with Gasteiger partial charge in [0.05, 0.1) is 17.2 Å². The molecule has 2 rings (SSSR count). The van der Waals surface area contributed by atoms with E-state index < -0.39 is 41.9 Å². The van der Waals surface area contributed by atoms with Gasteiger partial charge >= 0.3 is 5.97 Å². The van der Waals surface area contributed by atoms with Crippen LogP contribution >= 0.6 is 0 Å². The predicted octanol–water partition coefficient (Wildman–Crippen LogP) is -0.379. The van der Waals surface area contributed by atoms with Crippen molar-refractivity contribution in [1.82, 2.24) is 10.2 Å². The van der Waals surface area contributed by atoms with E-state index in [1.165, 1.54) is 26.0 Å². The molecule has 0 aromatic heterocycles. The summed E-state index contributed by atoms with van der Waals surface area (Å²) in [6.07, 6.45) is -1.33. The molecule has 0 saturated heterocycles. The summed E-state index contributed by atoms with van der Waals surface area (Å²) in [4.78, 5) is 48.5. The Labute approximate surface area is 131 Å². The quantitative estimate of drug-likeness (QED) is 0.635. The van der Waals surface area contributed by atoms with Crippen LogP contribution < -0.4 is 5.32 Å². The number of carboxylic acids is 1. The van der Waals surface area contributed by atoms with Gasteiger partial charge in [0.15, 0.2) is 6.04 Å². The molecule has 1 aromatic rings. The zero-order chi connectivity index (χ0) is 17.3. The third-order valence-electron chi connectivity index (χ3n) is 3.64. The van der Waals surface area contributed by atoms with Gasteiger partial charge in [0.25, 0.3) is 11.8 Å². The van der Waals surface area contributed by atoms with Gasteiger partial charge < -0.3 is 15.5 Å². The lowest BCUT2D eigenvalue weighted by molar-refractivity contribution is -0.145. The van der Waals surface area contributed by atoms with E-state index in [0.717, 1.165) is 4.90 Å². The Morgan fingerprint density at radius 2 is 1.57 bits per heavy atom. The molecule has 1 aliphatic heterocycles. The zero-order valence-electron chi connectivity index (χ0n) is 12.5. The minimum absolute atomic E-state index is 0.197. The lowest BCUT2D eigenvalue weighted by Gasteiger charge is -2.24. The third kappa shape index (κ3) is 2.93. The van der Waals surface area contributed by atoms with Crippen LogP contribution in [0, 0.1) is 0 Å². The van der Waals surface area contributed by atoms with Crippen LogP contribution in [0.1, 0.15) is 34.6 Å². The first-order valence-electron chi connectivity index (χ1n) is 6.94. The molecule has 0 spiro atoms. The van der Waals surface area contributed by atoms with E-state index in [-0.39, 0.29) is 11.1 Å². The highest BCUT2D eigenvalue weighted by Gasteiger charge is 2.41. The summed E-state index contributed by atoms with van der Waals surface area (Å²) in [6.45, 7) is 2.53. The monoisotopic (exact) mass is 320 g/mol. The highest BCUT2D eigenvalue weighted by molar-refractivity contribution is 6.22. The maximum absolute atomic E-state index is 12.3. The summed E-state index contributed by atoms with van der Waals surface area (Å²) in [5.74, 6) is -3.48. The lowest BCUT2D eigenvalue weighted by atomic mass is 10.1. The van der Waals surface area contributed by atoms with Crippen molar-refractivity contribution in [3.8, 4) is 0 Å². The van der Waals surface area contributed by atoms with Gasteiger partial charge in [0.2, 0.25) is 5.91 Å². The first kappa shape index (κ1) is 16.6. The Morgan fingerprint density at radius 1 is 1.09 bits per heavy atom.